The Balaban J connectivity index is 1.64. The maximum atomic E-state index is 12.7. The molecule has 1 aliphatic heterocycles. The molecule has 2 aromatic heterocycles. The molecule has 2 aromatic rings. The van der Waals surface area contributed by atoms with Gasteiger partial charge in [-0.2, -0.15) is 13.2 Å². The van der Waals surface area contributed by atoms with Gasteiger partial charge in [0.2, 0.25) is 0 Å². The second kappa shape index (κ2) is 9.00. The van der Waals surface area contributed by atoms with Crippen LogP contribution in [0.3, 0.4) is 0 Å². The van der Waals surface area contributed by atoms with Gasteiger partial charge in [0.15, 0.2) is 5.65 Å². The van der Waals surface area contributed by atoms with E-state index in [0.29, 0.717) is 17.2 Å². The van der Waals surface area contributed by atoms with Crippen molar-refractivity contribution in [3.8, 4) is 0 Å². The number of piperazine rings is 1. The van der Waals surface area contributed by atoms with E-state index in [1.165, 1.54) is 10.6 Å². The predicted octanol–water partition coefficient (Wildman–Crippen LogP) is 4.33. The molecule has 0 spiro atoms. The Morgan fingerprint density at radius 1 is 1.31 bits per heavy atom. The van der Waals surface area contributed by atoms with Crippen LogP contribution in [0.1, 0.15) is 18.2 Å². The van der Waals surface area contributed by atoms with Crippen molar-refractivity contribution in [3.05, 3.63) is 59.3 Å². The van der Waals surface area contributed by atoms with Crippen molar-refractivity contribution in [2.45, 2.75) is 26.1 Å². The van der Waals surface area contributed by atoms with Crippen molar-refractivity contribution >= 4 is 23.5 Å². The number of halogens is 4. The summed E-state index contributed by atoms with van der Waals surface area (Å²) in [5.74, 6) is 0.733. The molecule has 1 fully saturated rings. The van der Waals surface area contributed by atoms with E-state index in [9.17, 15) is 13.2 Å². The maximum absolute atomic E-state index is 12.7. The molecule has 3 heterocycles. The fourth-order valence-electron chi connectivity index (χ4n) is 3.27. The second-order valence-corrected chi connectivity index (χ2v) is 7.25. The van der Waals surface area contributed by atoms with E-state index in [-0.39, 0.29) is 5.69 Å². The molecule has 156 valence electrons. The van der Waals surface area contributed by atoms with Gasteiger partial charge in [0, 0.05) is 51.3 Å². The number of nitrogens with zero attached hydrogens (tertiary/aromatic N) is 5. The number of alkyl halides is 3. The van der Waals surface area contributed by atoms with Gasteiger partial charge in [-0.15, -0.1) is 0 Å². The van der Waals surface area contributed by atoms with E-state index in [1.54, 1.807) is 18.5 Å². The summed E-state index contributed by atoms with van der Waals surface area (Å²) in [4.78, 5) is 12.8. The van der Waals surface area contributed by atoms with E-state index in [4.69, 9.17) is 11.6 Å². The van der Waals surface area contributed by atoms with Crippen LogP contribution in [-0.4, -0.2) is 57.8 Å². The first-order valence-electron chi connectivity index (χ1n) is 9.30. The van der Waals surface area contributed by atoms with Crippen LogP contribution in [0.5, 0.6) is 0 Å². The maximum Gasteiger partial charge on any atom is 0.394 e. The number of hydrogen-bond donors (Lipinski definition) is 0. The van der Waals surface area contributed by atoms with Gasteiger partial charge in [0.25, 0.3) is 0 Å². The monoisotopic (exact) mass is 425 g/mol. The number of fused-ring (bicyclic) bond motifs is 1. The summed E-state index contributed by atoms with van der Waals surface area (Å²) in [5.41, 5.74) is 1.28. The molecule has 0 aromatic carbocycles. The Labute approximate surface area is 172 Å². The molecule has 9 heteroatoms. The minimum absolute atomic E-state index is 0.0755. The summed E-state index contributed by atoms with van der Waals surface area (Å²) in [5, 5.41) is 0.392. The Hall–Kier alpha value is -2.32. The van der Waals surface area contributed by atoms with E-state index in [1.807, 2.05) is 19.1 Å². The van der Waals surface area contributed by atoms with Crippen LogP contribution in [-0.2, 0) is 13.0 Å². The lowest BCUT2D eigenvalue weighted by molar-refractivity contribution is -0.127. The Kier molecular flexibility index (Phi) is 6.64. The second-order valence-electron chi connectivity index (χ2n) is 6.87. The summed E-state index contributed by atoms with van der Waals surface area (Å²) in [6.45, 7) is 9.75. The standard InChI is InChI=1S/C20H23ClF3N5/c1-3-4-6-25-15(2)28-10-8-27(9-11-28)14-16-5-7-29-17(12-20(22,23)24)13-26-19(29)18(16)21/h3-7,13H,2,8-12,14H2,1H3/b4-3-,25-6-. The zero-order valence-electron chi connectivity index (χ0n) is 16.2. The summed E-state index contributed by atoms with van der Waals surface area (Å²) < 4.78 is 39.5. The van der Waals surface area contributed by atoms with Gasteiger partial charge in [-0.1, -0.05) is 24.3 Å². The summed E-state index contributed by atoms with van der Waals surface area (Å²) in [6, 6.07) is 1.77. The molecule has 0 atom stereocenters. The quantitative estimate of drug-likeness (QED) is 0.646. The molecule has 29 heavy (non-hydrogen) atoms. The summed E-state index contributed by atoms with van der Waals surface area (Å²) in [7, 11) is 0. The first kappa shape index (κ1) is 21.4. The van der Waals surface area contributed by atoms with E-state index in [2.05, 4.69) is 26.4 Å². The molecule has 0 radical (unpaired) electrons. The van der Waals surface area contributed by atoms with E-state index < -0.39 is 12.6 Å². The highest BCUT2D eigenvalue weighted by Crippen LogP contribution is 2.27. The topological polar surface area (TPSA) is 36.1 Å². The number of pyridine rings is 1. The van der Waals surface area contributed by atoms with E-state index >= 15 is 0 Å². The molecule has 1 saturated heterocycles. The molecule has 3 rings (SSSR count). The Bertz CT molecular complexity index is 924. The van der Waals surface area contributed by atoms with Gasteiger partial charge in [-0.25, -0.2) is 9.98 Å². The number of imidazole rings is 1. The number of aromatic nitrogens is 2. The minimum atomic E-state index is -4.29. The highest BCUT2D eigenvalue weighted by atomic mass is 35.5. The van der Waals surface area contributed by atoms with Gasteiger partial charge in [-0.05, 0) is 24.6 Å². The highest BCUT2D eigenvalue weighted by molar-refractivity contribution is 6.34. The molecular weight excluding hydrogens is 403 g/mol. The van der Waals surface area contributed by atoms with Crippen LogP contribution >= 0.6 is 11.6 Å². The third-order valence-corrected chi connectivity index (χ3v) is 5.20. The third-order valence-electron chi connectivity index (χ3n) is 4.79. The van der Waals surface area contributed by atoms with Crippen LogP contribution in [0, 0.1) is 0 Å². The fourth-order valence-corrected chi connectivity index (χ4v) is 3.53. The lowest BCUT2D eigenvalue weighted by Crippen LogP contribution is -2.44. The third kappa shape index (κ3) is 5.39. The molecule has 0 saturated carbocycles. The largest absolute Gasteiger partial charge is 0.394 e. The fraction of sp³-hybridized carbons (Fsp3) is 0.400. The lowest BCUT2D eigenvalue weighted by Gasteiger charge is -2.35. The number of hydrogen-bond acceptors (Lipinski definition) is 4. The molecule has 0 aliphatic carbocycles. The normalized spacial score (nSPS) is 16.5. The first-order chi connectivity index (χ1) is 13.8. The van der Waals surface area contributed by atoms with Crippen LogP contribution < -0.4 is 0 Å². The van der Waals surface area contributed by atoms with Crippen molar-refractivity contribution in [2.24, 2.45) is 4.99 Å². The number of allylic oxidation sites excluding steroid dienone is 2. The molecule has 5 nitrogen and oxygen atoms in total. The molecule has 0 bridgehead atoms. The van der Waals surface area contributed by atoms with Crippen LogP contribution in [0.15, 0.2) is 48.0 Å². The summed E-state index contributed by atoms with van der Waals surface area (Å²) >= 11 is 6.45. The van der Waals surface area contributed by atoms with Crippen LogP contribution in [0.25, 0.3) is 5.65 Å². The Morgan fingerprint density at radius 2 is 2.03 bits per heavy atom. The summed E-state index contributed by atoms with van der Waals surface area (Å²) in [6.07, 6.45) is 3.00. The zero-order chi connectivity index (χ0) is 21.0. The average Bonchev–Trinajstić information content (AvgIpc) is 3.06. The first-order valence-corrected chi connectivity index (χ1v) is 9.68. The van der Waals surface area contributed by atoms with Gasteiger partial charge < -0.3 is 9.30 Å². The predicted molar refractivity (Wildman–Crippen MR) is 109 cm³/mol. The average molecular weight is 426 g/mol. The van der Waals surface area contributed by atoms with Crippen molar-refractivity contribution in [2.75, 3.05) is 26.2 Å². The molecule has 0 unspecified atom stereocenters. The van der Waals surface area contributed by atoms with Crippen LogP contribution in [0.4, 0.5) is 13.2 Å². The minimum Gasteiger partial charge on any atom is -0.355 e. The SMILES string of the molecule is C=C(/N=C\C=C/C)N1CCN(Cc2ccn3c(CC(F)(F)F)cnc3c2Cl)CC1. The Morgan fingerprint density at radius 3 is 2.69 bits per heavy atom. The van der Waals surface area contributed by atoms with Crippen molar-refractivity contribution in [3.63, 3.8) is 0 Å². The van der Waals surface area contributed by atoms with Gasteiger partial charge >= 0.3 is 6.18 Å². The lowest BCUT2D eigenvalue weighted by atomic mass is 10.2. The molecule has 0 amide bonds. The molecular formula is C20H23ClF3N5. The van der Waals surface area contributed by atoms with Gasteiger partial charge in [-0.3, -0.25) is 4.90 Å². The van der Waals surface area contributed by atoms with Crippen molar-refractivity contribution in [1.82, 2.24) is 19.2 Å². The number of rotatable bonds is 6. The highest BCUT2D eigenvalue weighted by Gasteiger charge is 2.29. The van der Waals surface area contributed by atoms with Gasteiger partial charge in [0.1, 0.15) is 5.82 Å². The van der Waals surface area contributed by atoms with Crippen molar-refractivity contribution < 1.29 is 13.2 Å². The smallest absolute Gasteiger partial charge is 0.355 e. The van der Waals surface area contributed by atoms with Crippen LogP contribution in [0.2, 0.25) is 5.02 Å². The van der Waals surface area contributed by atoms with Crippen molar-refractivity contribution in [1.29, 1.82) is 0 Å². The molecule has 0 N–H and O–H groups in total. The van der Waals surface area contributed by atoms with Gasteiger partial charge in [0.05, 0.1) is 17.1 Å². The number of aliphatic imine (C=N–C) groups is 1. The molecule has 1 aliphatic rings. The zero-order valence-corrected chi connectivity index (χ0v) is 16.9. The van der Waals surface area contributed by atoms with E-state index in [0.717, 1.165) is 37.6 Å².